The fourth-order valence-corrected chi connectivity index (χ4v) is 8.10. The monoisotopic (exact) mass is 633 g/mol. The lowest BCUT2D eigenvalue weighted by atomic mass is 9.82. The van der Waals surface area contributed by atoms with Gasteiger partial charge in [-0.05, 0) is 92.0 Å². The Balaban J connectivity index is 1.36. The molecule has 7 aromatic carbocycles. The summed E-state index contributed by atoms with van der Waals surface area (Å²) in [5, 5.41) is 4.69. The first-order chi connectivity index (χ1) is 23.7. The van der Waals surface area contributed by atoms with Gasteiger partial charge in [0.25, 0.3) is 0 Å². The van der Waals surface area contributed by atoms with Crippen molar-refractivity contribution in [3.8, 4) is 22.3 Å². The van der Waals surface area contributed by atoms with Gasteiger partial charge in [-0.1, -0.05) is 138 Å². The first-order valence-corrected chi connectivity index (χ1v) is 17.3. The molecular formula is C47H39NO. The zero-order valence-electron chi connectivity index (χ0n) is 28.7. The molecule has 0 N–H and O–H groups in total. The molecule has 2 heteroatoms. The molecule has 1 heterocycles. The zero-order valence-corrected chi connectivity index (χ0v) is 28.7. The van der Waals surface area contributed by atoms with E-state index in [9.17, 15) is 0 Å². The third-order valence-corrected chi connectivity index (χ3v) is 10.6. The van der Waals surface area contributed by atoms with E-state index in [0.717, 1.165) is 39.0 Å². The molecule has 9 rings (SSSR count). The summed E-state index contributed by atoms with van der Waals surface area (Å²) < 4.78 is 6.43. The average molecular weight is 634 g/mol. The highest BCUT2D eigenvalue weighted by Crippen LogP contribution is 2.52. The van der Waals surface area contributed by atoms with Crippen molar-refractivity contribution in [1.82, 2.24) is 0 Å². The van der Waals surface area contributed by atoms with E-state index in [1.54, 1.807) is 0 Å². The lowest BCUT2D eigenvalue weighted by Crippen LogP contribution is -2.16. The van der Waals surface area contributed by atoms with Gasteiger partial charge in [0.15, 0.2) is 0 Å². The Morgan fingerprint density at radius 3 is 2.00 bits per heavy atom. The van der Waals surface area contributed by atoms with Crippen molar-refractivity contribution in [2.45, 2.75) is 45.4 Å². The van der Waals surface area contributed by atoms with E-state index < -0.39 is 0 Å². The summed E-state index contributed by atoms with van der Waals surface area (Å²) in [4.78, 5) is 2.46. The Morgan fingerprint density at radius 2 is 1.18 bits per heavy atom. The van der Waals surface area contributed by atoms with Crippen molar-refractivity contribution in [2.75, 3.05) is 4.90 Å². The maximum absolute atomic E-state index is 6.43. The maximum Gasteiger partial charge on any atom is 0.136 e. The van der Waals surface area contributed by atoms with Gasteiger partial charge in [0, 0.05) is 33.1 Å². The van der Waals surface area contributed by atoms with Crippen molar-refractivity contribution in [3.63, 3.8) is 0 Å². The summed E-state index contributed by atoms with van der Waals surface area (Å²) in [6.07, 6.45) is 0. The van der Waals surface area contributed by atoms with E-state index in [0.29, 0.717) is 0 Å². The summed E-state index contributed by atoms with van der Waals surface area (Å²) in [6.45, 7) is 11.5. The number of furan rings is 1. The second-order valence-corrected chi connectivity index (χ2v) is 15.0. The molecule has 1 aliphatic rings. The summed E-state index contributed by atoms with van der Waals surface area (Å²) in [5.74, 6) is 0. The van der Waals surface area contributed by atoms with Gasteiger partial charge in [0.1, 0.15) is 11.2 Å². The Labute approximate surface area is 288 Å². The van der Waals surface area contributed by atoms with Gasteiger partial charge < -0.3 is 9.32 Å². The lowest BCUT2D eigenvalue weighted by Gasteiger charge is -2.30. The van der Waals surface area contributed by atoms with Crippen molar-refractivity contribution in [3.05, 3.63) is 162 Å². The molecule has 0 fully saturated rings. The predicted molar refractivity (Wildman–Crippen MR) is 208 cm³/mol. The van der Waals surface area contributed by atoms with Crippen molar-refractivity contribution in [1.29, 1.82) is 0 Å². The highest BCUT2D eigenvalue weighted by molar-refractivity contribution is 6.18. The van der Waals surface area contributed by atoms with Crippen molar-refractivity contribution in [2.24, 2.45) is 0 Å². The van der Waals surface area contributed by atoms with Gasteiger partial charge in [-0.15, -0.1) is 0 Å². The van der Waals surface area contributed by atoms with Crippen LogP contribution >= 0.6 is 0 Å². The van der Waals surface area contributed by atoms with Gasteiger partial charge in [-0.25, -0.2) is 0 Å². The molecule has 0 amide bonds. The topological polar surface area (TPSA) is 16.4 Å². The number of rotatable bonds is 4. The predicted octanol–water partition coefficient (Wildman–Crippen LogP) is 13.5. The molecule has 0 bridgehead atoms. The van der Waals surface area contributed by atoms with Crippen LogP contribution in [0, 0.1) is 0 Å². The molecule has 0 aliphatic heterocycles. The quantitative estimate of drug-likeness (QED) is 0.192. The normalized spacial score (nSPS) is 13.6. The molecule has 0 radical (unpaired) electrons. The molecule has 0 saturated carbocycles. The van der Waals surface area contributed by atoms with Crippen LogP contribution in [-0.4, -0.2) is 0 Å². The van der Waals surface area contributed by atoms with Gasteiger partial charge in [-0.2, -0.15) is 0 Å². The number of hydrogen-bond donors (Lipinski definition) is 0. The Kier molecular flexibility index (Phi) is 6.45. The Morgan fingerprint density at radius 1 is 0.531 bits per heavy atom. The highest BCUT2D eigenvalue weighted by atomic mass is 16.3. The van der Waals surface area contributed by atoms with Crippen LogP contribution in [0.15, 0.2) is 150 Å². The second-order valence-electron chi connectivity index (χ2n) is 15.0. The molecule has 0 spiro atoms. The smallest absolute Gasteiger partial charge is 0.136 e. The highest BCUT2D eigenvalue weighted by Gasteiger charge is 2.36. The number of benzene rings is 7. The molecular weight excluding hydrogens is 595 g/mol. The maximum atomic E-state index is 6.43. The van der Waals surface area contributed by atoms with Crippen LogP contribution in [0.4, 0.5) is 17.1 Å². The van der Waals surface area contributed by atoms with Crippen LogP contribution in [0.2, 0.25) is 0 Å². The van der Waals surface area contributed by atoms with Crippen LogP contribution in [0.1, 0.15) is 51.3 Å². The van der Waals surface area contributed by atoms with Crippen LogP contribution < -0.4 is 4.90 Å². The van der Waals surface area contributed by atoms with Gasteiger partial charge >= 0.3 is 0 Å². The Hall–Kier alpha value is -5.60. The third kappa shape index (κ3) is 4.54. The van der Waals surface area contributed by atoms with E-state index >= 15 is 0 Å². The molecule has 1 aliphatic carbocycles. The molecule has 8 aromatic rings. The second kappa shape index (κ2) is 10.7. The fourth-order valence-electron chi connectivity index (χ4n) is 8.10. The van der Waals surface area contributed by atoms with Crippen LogP contribution in [0.25, 0.3) is 55.0 Å². The number of fused-ring (bicyclic) bond motifs is 7. The molecule has 2 nitrogen and oxygen atoms in total. The summed E-state index contributed by atoms with van der Waals surface area (Å²) in [5.41, 5.74) is 14.2. The average Bonchev–Trinajstić information content (AvgIpc) is 3.60. The summed E-state index contributed by atoms with van der Waals surface area (Å²) in [6, 6.07) is 53.3. The SMILES string of the molecule is CC(C)(C)c1ccc(N(c2ccc3c(c2)-c2ccccc2C3(C)C)c2ccc3ccccc3c2-c2cccc3oc4ccccc4c23)cc1. The van der Waals surface area contributed by atoms with Crippen LogP contribution in [0.5, 0.6) is 0 Å². The van der Waals surface area contributed by atoms with Gasteiger partial charge in [0.05, 0.1) is 5.69 Å². The fraction of sp³-hybridized carbons (Fsp3) is 0.149. The van der Waals surface area contributed by atoms with Gasteiger partial charge in [-0.3, -0.25) is 0 Å². The molecule has 1 aromatic heterocycles. The first kappa shape index (κ1) is 29.5. The molecule has 238 valence electrons. The molecule has 0 unspecified atom stereocenters. The van der Waals surface area contributed by atoms with Crippen LogP contribution in [0.3, 0.4) is 0 Å². The largest absolute Gasteiger partial charge is 0.456 e. The summed E-state index contributed by atoms with van der Waals surface area (Å²) in [7, 11) is 0. The van der Waals surface area contributed by atoms with Gasteiger partial charge in [0.2, 0.25) is 0 Å². The molecule has 0 atom stereocenters. The molecule has 49 heavy (non-hydrogen) atoms. The minimum absolute atomic E-state index is 0.0539. The number of hydrogen-bond acceptors (Lipinski definition) is 2. The lowest BCUT2D eigenvalue weighted by molar-refractivity contribution is 0.590. The van der Waals surface area contributed by atoms with E-state index in [2.05, 4.69) is 179 Å². The number of anilines is 3. The number of nitrogens with zero attached hydrogens (tertiary/aromatic N) is 1. The minimum Gasteiger partial charge on any atom is -0.456 e. The van der Waals surface area contributed by atoms with Crippen molar-refractivity contribution >= 4 is 49.8 Å². The molecule has 0 saturated heterocycles. The zero-order chi connectivity index (χ0) is 33.5. The van der Waals surface area contributed by atoms with Crippen molar-refractivity contribution < 1.29 is 4.42 Å². The third-order valence-electron chi connectivity index (χ3n) is 10.6. The van der Waals surface area contributed by atoms with E-state index in [1.165, 1.54) is 49.7 Å². The standard InChI is InChI=1S/C47H39NO/c1-46(2,3)31-22-24-32(25-23-31)48(33-26-27-40-38(29-33)35-15-8-10-18-39(35)47(40,4)5)41-28-21-30-13-6-7-14-34(30)44(41)37-17-12-20-43-45(37)36-16-9-11-19-42(36)49-43/h6-29H,1-5H3. The minimum atomic E-state index is -0.0598. The van der Waals surface area contributed by atoms with Crippen LogP contribution in [-0.2, 0) is 10.8 Å². The number of para-hydroxylation sites is 1. The summed E-state index contributed by atoms with van der Waals surface area (Å²) >= 11 is 0. The first-order valence-electron chi connectivity index (χ1n) is 17.3. The van der Waals surface area contributed by atoms with E-state index in [1.807, 2.05) is 6.07 Å². The van der Waals surface area contributed by atoms with E-state index in [-0.39, 0.29) is 10.8 Å². The van der Waals surface area contributed by atoms with E-state index in [4.69, 9.17) is 4.42 Å². The Bertz CT molecular complexity index is 2560.